The maximum absolute atomic E-state index is 5.50. The highest BCUT2D eigenvalue weighted by atomic mass is 16.5. The first-order valence-corrected chi connectivity index (χ1v) is 6.78. The topological polar surface area (TPSA) is 64.9 Å². The lowest BCUT2D eigenvalue weighted by Crippen LogP contribution is -2.30. The summed E-state index contributed by atoms with van der Waals surface area (Å²) >= 11 is 0. The summed E-state index contributed by atoms with van der Waals surface area (Å²) in [5.41, 5.74) is 1.72. The van der Waals surface area contributed by atoms with Gasteiger partial charge in [-0.15, -0.1) is 0 Å². The van der Waals surface area contributed by atoms with Crippen molar-refractivity contribution in [3.63, 3.8) is 0 Å². The van der Waals surface area contributed by atoms with Crippen LogP contribution in [0.3, 0.4) is 0 Å². The average molecular weight is 261 g/mol. The molecular formula is C13H19N5O. The van der Waals surface area contributed by atoms with Gasteiger partial charge in [0.2, 0.25) is 0 Å². The normalized spacial score (nSPS) is 23.1. The molecule has 1 fully saturated rings. The number of hydrogen-bond acceptors (Lipinski definition) is 5. The summed E-state index contributed by atoms with van der Waals surface area (Å²) in [5.74, 6) is 0.811. The second kappa shape index (κ2) is 5.13. The van der Waals surface area contributed by atoms with Gasteiger partial charge in [-0.1, -0.05) is 0 Å². The van der Waals surface area contributed by atoms with E-state index in [9.17, 15) is 0 Å². The second-order valence-electron chi connectivity index (χ2n) is 4.88. The van der Waals surface area contributed by atoms with Crippen LogP contribution in [0.1, 0.15) is 26.2 Å². The van der Waals surface area contributed by atoms with Gasteiger partial charge in [-0.2, -0.15) is 0 Å². The van der Waals surface area contributed by atoms with Crippen LogP contribution in [0.15, 0.2) is 12.7 Å². The van der Waals surface area contributed by atoms with Crippen LogP contribution in [0.25, 0.3) is 11.2 Å². The number of ether oxygens (including phenoxy) is 1. The van der Waals surface area contributed by atoms with Gasteiger partial charge in [0, 0.05) is 13.7 Å². The number of aromatic nitrogens is 4. The van der Waals surface area contributed by atoms with Gasteiger partial charge in [-0.3, -0.25) is 0 Å². The van der Waals surface area contributed by atoms with Crippen molar-refractivity contribution in [2.24, 2.45) is 0 Å². The molecule has 1 aliphatic rings. The van der Waals surface area contributed by atoms with E-state index in [1.54, 1.807) is 13.4 Å². The molecule has 0 radical (unpaired) electrons. The van der Waals surface area contributed by atoms with E-state index in [2.05, 4.69) is 27.2 Å². The Labute approximate surface area is 112 Å². The number of aryl methyl sites for hydroxylation is 1. The highest BCUT2D eigenvalue weighted by Gasteiger charge is 2.28. The van der Waals surface area contributed by atoms with Crippen LogP contribution in [-0.2, 0) is 11.3 Å². The third-order valence-corrected chi connectivity index (χ3v) is 3.82. The van der Waals surface area contributed by atoms with Crippen molar-refractivity contribution in [2.75, 3.05) is 12.4 Å². The lowest BCUT2D eigenvalue weighted by atomic mass is 10.2. The van der Waals surface area contributed by atoms with Crippen molar-refractivity contribution >= 4 is 17.0 Å². The molecule has 2 atom stereocenters. The number of methoxy groups -OCH3 is 1. The molecule has 0 aromatic carbocycles. The maximum Gasteiger partial charge on any atom is 0.165 e. The maximum atomic E-state index is 5.50. The van der Waals surface area contributed by atoms with Crippen LogP contribution in [0.4, 0.5) is 5.82 Å². The minimum absolute atomic E-state index is 0.262. The number of fused-ring (bicyclic) bond motifs is 1. The predicted octanol–water partition coefficient (Wildman–Crippen LogP) is 1.83. The van der Waals surface area contributed by atoms with E-state index in [4.69, 9.17) is 4.74 Å². The summed E-state index contributed by atoms with van der Waals surface area (Å²) in [6, 6.07) is 0.315. The summed E-state index contributed by atoms with van der Waals surface area (Å²) < 4.78 is 7.52. The molecule has 102 valence electrons. The highest BCUT2D eigenvalue weighted by Crippen LogP contribution is 2.26. The van der Waals surface area contributed by atoms with Crippen LogP contribution in [-0.4, -0.2) is 38.8 Å². The predicted molar refractivity (Wildman–Crippen MR) is 73.1 cm³/mol. The van der Waals surface area contributed by atoms with Gasteiger partial charge < -0.3 is 14.6 Å². The number of imidazole rings is 1. The van der Waals surface area contributed by atoms with Crippen LogP contribution in [0.2, 0.25) is 0 Å². The summed E-state index contributed by atoms with van der Waals surface area (Å²) in [4.78, 5) is 13.1. The summed E-state index contributed by atoms with van der Waals surface area (Å²) in [7, 11) is 1.77. The van der Waals surface area contributed by atoms with Gasteiger partial charge in [0.25, 0.3) is 0 Å². The molecule has 0 unspecified atom stereocenters. The Morgan fingerprint density at radius 3 is 3.05 bits per heavy atom. The molecule has 0 amide bonds. The molecule has 0 saturated heterocycles. The van der Waals surface area contributed by atoms with Gasteiger partial charge in [0.05, 0.1) is 18.5 Å². The summed E-state index contributed by atoms with van der Waals surface area (Å²) in [5, 5.41) is 3.47. The van der Waals surface area contributed by atoms with Gasteiger partial charge >= 0.3 is 0 Å². The fourth-order valence-corrected chi connectivity index (χ4v) is 2.77. The SMILES string of the molecule is CCn1cnc2c(N[C@@H]3CCC[C@H]3OC)ncnc21. The Balaban J connectivity index is 1.90. The number of nitrogens with one attached hydrogen (secondary N) is 1. The van der Waals surface area contributed by atoms with Crippen molar-refractivity contribution < 1.29 is 4.74 Å². The largest absolute Gasteiger partial charge is 0.379 e. The molecule has 0 spiro atoms. The Kier molecular flexibility index (Phi) is 3.33. The average Bonchev–Trinajstić information content (AvgIpc) is 3.05. The molecule has 19 heavy (non-hydrogen) atoms. The zero-order valence-electron chi connectivity index (χ0n) is 11.3. The van der Waals surface area contributed by atoms with Gasteiger partial charge in [-0.05, 0) is 26.2 Å². The van der Waals surface area contributed by atoms with E-state index in [0.29, 0.717) is 6.04 Å². The Bertz CT molecular complexity index is 567. The molecule has 2 aromatic rings. The molecule has 6 heteroatoms. The molecule has 0 aliphatic heterocycles. The minimum atomic E-state index is 0.262. The molecule has 0 bridgehead atoms. The van der Waals surface area contributed by atoms with Crippen LogP contribution >= 0.6 is 0 Å². The Morgan fingerprint density at radius 2 is 2.26 bits per heavy atom. The first kappa shape index (κ1) is 12.3. The standard InChI is InChI=1S/C13H19N5O/c1-3-18-8-16-11-12(14-7-15-13(11)18)17-9-5-4-6-10(9)19-2/h7-10H,3-6H2,1-2H3,(H,14,15,17)/t9-,10-/m1/s1. The zero-order valence-corrected chi connectivity index (χ0v) is 11.3. The number of nitrogens with zero attached hydrogens (tertiary/aromatic N) is 4. The van der Waals surface area contributed by atoms with E-state index in [-0.39, 0.29) is 6.10 Å². The van der Waals surface area contributed by atoms with E-state index in [1.165, 1.54) is 6.42 Å². The van der Waals surface area contributed by atoms with Crippen molar-refractivity contribution in [1.29, 1.82) is 0 Å². The van der Waals surface area contributed by atoms with Crippen molar-refractivity contribution in [3.05, 3.63) is 12.7 Å². The summed E-state index contributed by atoms with van der Waals surface area (Å²) in [6.07, 6.45) is 7.07. The Morgan fingerprint density at radius 1 is 1.37 bits per heavy atom. The van der Waals surface area contributed by atoms with E-state index >= 15 is 0 Å². The van der Waals surface area contributed by atoms with Gasteiger partial charge in [-0.25, -0.2) is 15.0 Å². The van der Waals surface area contributed by atoms with Crippen molar-refractivity contribution in [1.82, 2.24) is 19.5 Å². The second-order valence-corrected chi connectivity index (χ2v) is 4.88. The van der Waals surface area contributed by atoms with Crippen molar-refractivity contribution in [2.45, 2.75) is 44.9 Å². The molecule has 3 rings (SSSR count). The zero-order chi connectivity index (χ0) is 13.2. The summed E-state index contributed by atoms with van der Waals surface area (Å²) in [6.45, 7) is 2.94. The third kappa shape index (κ3) is 2.16. The smallest absolute Gasteiger partial charge is 0.165 e. The van der Waals surface area contributed by atoms with Gasteiger partial charge in [0.15, 0.2) is 11.5 Å². The first-order valence-electron chi connectivity index (χ1n) is 6.78. The molecule has 6 nitrogen and oxygen atoms in total. The number of rotatable bonds is 4. The third-order valence-electron chi connectivity index (χ3n) is 3.82. The van der Waals surface area contributed by atoms with Crippen LogP contribution in [0.5, 0.6) is 0 Å². The van der Waals surface area contributed by atoms with E-state index < -0.39 is 0 Å². The molecular weight excluding hydrogens is 242 g/mol. The molecule has 1 N–H and O–H groups in total. The van der Waals surface area contributed by atoms with E-state index in [1.807, 2.05) is 10.9 Å². The number of hydrogen-bond donors (Lipinski definition) is 1. The van der Waals surface area contributed by atoms with Crippen molar-refractivity contribution in [3.8, 4) is 0 Å². The Hall–Kier alpha value is -1.69. The molecule has 1 aliphatic carbocycles. The minimum Gasteiger partial charge on any atom is -0.379 e. The molecule has 1 saturated carbocycles. The lowest BCUT2D eigenvalue weighted by molar-refractivity contribution is 0.101. The fraction of sp³-hybridized carbons (Fsp3) is 0.615. The lowest BCUT2D eigenvalue weighted by Gasteiger charge is -2.20. The van der Waals surface area contributed by atoms with Gasteiger partial charge in [0.1, 0.15) is 11.8 Å². The monoisotopic (exact) mass is 261 g/mol. The highest BCUT2D eigenvalue weighted by molar-refractivity contribution is 5.82. The fourth-order valence-electron chi connectivity index (χ4n) is 2.77. The molecule has 2 heterocycles. The first-order chi connectivity index (χ1) is 9.33. The molecule has 2 aromatic heterocycles. The van der Waals surface area contributed by atoms with Crippen LogP contribution < -0.4 is 5.32 Å². The van der Waals surface area contributed by atoms with E-state index in [0.717, 1.165) is 36.4 Å². The van der Waals surface area contributed by atoms with Crippen LogP contribution in [0, 0.1) is 0 Å². The number of anilines is 1. The quantitative estimate of drug-likeness (QED) is 0.909.